The van der Waals surface area contributed by atoms with Crippen LogP contribution >= 0.6 is 0 Å². The van der Waals surface area contributed by atoms with Gasteiger partial charge < -0.3 is 15.2 Å². The van der Waals surface area contributed by atoms with Crippen LogP contribution in [-0.2, 0) is 14.6 Å². The zero-order valence-electron chi connectivity index (χ0n) is 9.36. The van der Waals surface area contributed by atoms with E-state index in [1.807, 2.05) is 13.8 Å². The fourth-order valence-corrected chi connectivity index (χ4v) is 3.61. The normalized spacial score (nSPS) is 30.7. The first-order valence-electron chi connectivity index (χ1n) is 4.91. The van der Waals surface area contributed by atoms with Crippen LogP contribution < -0.4 is 5.32 Å². The third-order valence-electron chi connectivity index (χ3n) is 2.40. The summed E-state index contributed by atoms with van der Waals surface area (Å²) in [6, 6.07) is -0.389. The molecule has 0 radical (unpaired) electrons. The third kappa shape index (κ3) is 3.71. The van der Waals surface area contributed by atoms with Gasteiger partial charge in [0, 0.05) is 18.7 Å². The minimum atomic E-state index is -3.09. The maximum atomic E-state index is 11.3. The summed E-state index contributed by atoms with van der Waals surface area (Å²) in [5.74, 6) is -0.144. The molecule has 1 rings (SSSR count). The molecule has 2 unspecified atom stereocenters. The smallest absolute Gasteiger partial charge is 0.154 e. The fourth-order valence-electron chi connectivity index (χ4n) is 1.87. The Labute approximate surface area is 90.7 Å². The second-order valence-electron chi connectivity index (χ2n) is 4.71. The lowest BCUT2D eigenvalue weighted by Crippen LogP contribution is -2.53. The number of ether oxygens (including phenoxy) is 1. The topological polar surface area (TPSA) is 75.6 Å². The van der Waals surface area contributed by atoms with E-state index < -0.39 is 15.9 Å². The van der Waals surface area contributed by atoms with Crippen molar-refractivity contribution < 1.29 is 18.3 Å². The molecule has 0 saturated carbocycles. The first kappa shape index (κ1) is 12.9. The lowest BCUT2D eigenvalue weighted by molar-refractivity contribution is 0.0955. The maximum Gasteiger partial charge on any atom is 0.154 e. The standard InChI is InChI=1S/C9H19NO4S/c1-9(2,6-14-3)10-7-4-15(12,13)5-8(7)11/h7-8,10-11H,4-6H2,1-3H3. The van der Waals surface area contributed by atoms with Crippen molar-refractivity contribution in [3.05, 3.63) is 0 Å². The van der Waals surface area contributed by atoms with Gasteiger partial charge in [0.25, 0.3) is 0 Å². The van der Waals surface area contributed by atoms with Gasteiger partial charge in [-0.3, -0.25) is 0 Å². The lowest BCUT2D eigenvalue weighted by Gasteiger charge is -2.30. The molecule has 2 N–H and O–H groups in total. The van der Waals surface area contributed by atoms with Crippen LogP contribution in [0, 0.1) is 0 Å². The van der Waals surface area contributed by atoms with Gasteiger partial charge in [0.05, 0.1) is 24.2 Å². The Morgan fingerprint density at radius 1 is 1.47 bits per heavy atom. The van der Waals surface area contributed by atoms with Crippen LogP contribution in [0.5, 0.6) is 0 Å². The molecule has 0 aromatic rings. The van der Waals surface area contributed by atoms with Crippen LogP contribution in [0.4, 0.5) is 0 Å². The van der Waals surface area contributed by atoms with Crippen LogP contribution in [0.2, 0.25) is 0 Å². The molecule has 5 nitrogen and oxygen atoms in total. The van der Waals surface area contributed by atoms with E-state index in [1.54, 1.807) is 7.11 Å². The fraction of sp³-hybridized carbons (Fsp3) is 1.00. The molecule has 0 aromatic carbocycles. The quantitative estimate of drug-likeness (QED) is 0.667. The summed E-state index contributed by atoms with van der Waals surface area (Å²) in [4.78, 5) is 0. The molecule has 1 heterocycles. The molecule has 15 heavy (non-hydrogen) atoms. The average molecular weight is 237 g/mol. The Kier molecular flexibility index (Phi) is 3.76. The lowest BCUT2D eigenvalue weighted by atomic mass is 10.0. The summed E-state index contributed by atoms with van der Waals surface area (Å²) in [6.07, 6.45) is -0.814. The van der Waals surface area contributed by atoms with E-state index in [0.717, 1.165) is 0 Å². The highest BCUT2D eigenvalue weighted by Crippen LogP contribution is 2.16. The highest BCUT2D eigenvalue weighted by Gasteiger charge is 2.38. The molecule has 0 spiro atoms. The SMILES string of the molecule is COCC(C)(C)NC1CS(=O)(=O)CC1O. The molecule has 6 heteroatoms. The molecule has 0 bridgehead atoms. The van der Waals surface area contributed by atoms with Gasteiger partial charge in [0.1, 0.15) is 0 Å². The van der Waals surface area contributed by atoms with Crippen LogP contribution in [-0.4, -0.2) is 56.4 Å². The number of sulfone groups is 1. The molecule has 1 fully saturated rings. The molecule has 0 aliphatic carbocycles. The van der Waals surface area contributed by atoms with E-state index in [9.17, 15) is 13.5 Å². The Morgan fingerprint density at radius 2 is 2.07 bits per heavy atom. The van der Waals surface area contributed by atoms with Crippen molar-refractivity contribution in [1.82, 2.24) is 5.32 Å². The van der Waals surface area contributed by atoms with Crippen molar-refractivity contribution >= 4 is 9.84 Å². The number of rotatable bonds is 4. The predicted molar refractivity (Wildman–Crippen MR) is 57.5 cm³/mol. The number of methoxy groups -OCH3 is 1. The van der Waals surface area contributed by atoms with Crippen LogP contribution in [0.15, 0.2) is 0 Å². The largest absolute Gasteiger partial charge is 0.390 e. The van der Waals surface area contributed by atoms with Crippen LogP contribution in [0.25, 0.3) is 0 Å². The molecule has 0 amide bonds. The minimum Gasteiger partial charge on any atom is -0.390 e. The van der Waals surface area contributed by atoms with Crippen molar-refractivity contribution in [2.45, 2.75) is 31.5 Å². The van der Waals surface area contributed by atoms with Crippen molar-refractivity contribution in [3.8, 4) is 0 Å². The zero-order valence-corrected chi connectivity index (χ0v) is 10.2. The van der Waals surface area contributed by atoms with Crippen molar-refractivity contribution in [3.63, 3.8) is 0 Å². The summed E-state index contributed by atoms with van der Waals surface area (Å²) < 4.78 is 27.5. The van der Waals surface area contributed by atoms with Gasteiger partial charge in [0.15, 0.2) is 9.84 Å². The zero-order chi connectivity index (χ0) is 11.7. The van der Waals surface area contributed by atoms with E-state index >= 15 is 0 Å². The number of aliphatic hydroxyl groups is 1. The van der Waals surface area contributed by atoms with Gasteiger partial charge in [-0.05, 0) is 13.8 Å². The molecule has 1 aliphatic heterocycles. The molecule has 0 aromatic heterocycles. The van der Waals surface area contributed by atoms with Gasteiger partial charge in [-0.25, -0.2) is 8.42 Å². The first-order valence-corrected chi connectivity index (χ1v) is 6.73. The van der Waals surface area contributed by atoms with Gasteiger partial charge in [-0.1, -0.05) is 0 Å². The van der Waals surface area contributed by atoms with E-state index in [-0.39, 0.29) is 23.1 Å². The Bertz CT molecular complexity index is 312. The summed E-state index contributed by atoms with van der Waals surface area (Å²) in [7, 11) is -1.50. The highest BCUT2D eigenvalue weighted by atomic mass is 32.2. The van der Waals surface area contributed by atoms with Crippen LogP contribution in [0.1, 0.15) is 13.8 Å². The van der Waals surface area contributed by atoms with Gasteiger partial charge in [-0.2, -0.15) is 0 Å². The minimum absolute atomic E-state index is 0.00130. The predicted octanol–water partition coefficient (Wildman–Crippen LogP) is -0.841. The van der Waals surface area contributed by atoms with Gasteiger partial charge in [0.2, 0.25) is 0 Å². The molecule has 90 valence electrons. The molecule has 1 aliphatic rings. The van der Waals surface area contributed by atoms with Gasteiger partial charge in [-0.15, -0.1) is 0 Å². The van der Waals surface area contributed by atoms with Crippen LogP contribution in [0.3, 0.4) is 0 Å². The number of hydrogen-bond donors (Lipinski definition) is 2. The monoisotopic (exact) mass is 237 g/mol. The van der Waals surface area contributed by atoms with Gasteiger partial charge >= 0.3 is 0 Å². The maximum absolute atomic E-state index is 11.3. The summed E-state index contributed by atoms with van der Waals surface area (Å²) >= 11 is 0. The van der Waals surface area contributed by atoms with E-state index in [4.69, 9.17) is 4.74 Å². The molecular formula is C9H19NO4S. The Balaban J connectivity index is 2.60. The number of nitrogens with one attached hydrogen (secondary N) is 1. The number of aliphatic hydroxyl groups excluding tert-OH is 1. The molecule has 2 atom stereocenters. The Hall–Kier alpha value is -0.170. The summed E-state index contributed by atoms with van der Waals surface area (Å²) in [6.45, 7) is 4.29. The van der Waals surface area contributed by atoms with Crippen molar-refractivity contribution in [1.29, 1.82) is 0 Å². The van der Waals surface area contributed by atoms with Crippen molar-refractivity contribution in [2.24, 2.45) is 0 Å². The van der Waals surface area contributed by atoms with E-state index in [2.05, 4.69) is 5.32 Å². The highest BCUT2D eigenvalue weighted by molar-refractivity contribution is 7.91. The first-order chi connectivity index (χ1) is 6.76. The van der Waals surface area contributed by atoms with Crippen molar-refractivity contribution in [2.75, 3.05) is 25.2 Å². The summed E-state index contributed by atoms with van der Waals surface area (Å²) in [5.41, 5.74) is -0.333. The average Bonchev–Trinajstić information content (AvgIpc) is 2.22. The third-order valence-corrected chi connectivity index (χ3v) is 4.12. The van der Waals surface area contributed by atoms with E-state index in [1.165, 1.54) is 0 Å². The second-order valence-corrected chi connectivity index (χ2v) is 6.87. The molecular weight excluding hydrogens is 218 g/mol. The number of hydrogen-bond acceptors (Lipinski definition) is 5. The summed E-state index contributed by atoms with van der Waals surface area (Å²) in [5, 5.41) is 12.7. The Morgan fingerprint density at radius 3 is 2.47 bits per heavy atom. The molecule has 1 saturated heterocycles. The van der Waals surface area contributed by atoms with E-state index in [0.29, 0.717) is 6.61 Å². The second kappa shape index (κ2) is 4.37.